The van der Waals surface area contributed by atoms with Crippen LogP contribution in [-0.2, 0) is 16.6 Å². The zero-order valence-corrected chi connectivity index (χ0v) is 14.1. The zero-order chi connectivity index (χ0) is 15.6. The minimum Gasteiger partial charge on any atom is -0.346 e. The van der Waals surface area contributed by atoms with E-state index >= 15 is 0 Å². The van der Waals surface area contributed by atoms with Gasteiger partial charge in [0.25, 0.3) is 0 Å². The van der Waals surface area contributed by atoms with E-state index in [1.165, 1.54) is 0 Å². The highest BCUT2D eigenvalue weighted by Gasteiger charge is 2.38. The van der Waals surface area contributed by atoms with Gasteiger partial charge in [-0.2, -0.15) is 4.31 Å². The molecule has 1 aliphatic rings. The third kappa shape index (κ3) is 3.49. The molecule has 2 rings (SSSR count). The van der Waals surface area contributed by atoms with E-state index in [9.17, 15) is 8.42 Å². The number of sulfonamides is 1. The SMILES string of the molecule is CCCCN(C1CC1)S(=O)(=O)c1cc(CN)n(C(C)C)c1. The molecule has 1 aliphatic carbocycles. The van der Waals surface area contributed by atoms with E-state index in [-0.39, 0.29) is 12.1 Å². The van der Waals surface area contributed by atoms with Crippen LogP contribution < -0.4 is 5.73 Å². The van der Waals surface area contributed by atoms with Crippen molar-refractivity contribution in [3.05, 3.63) is 18.0 Å². The summed E-state index contributed by atoms with van der Waals surface area (Å²) in [5.41, 5.74) is 6.61. The molecule has 1 aromatic rings. The van der Waals surface area contributed by atoms with Crippen molar-refractivity contribution in [1.82, 2.24) is 8.87 Å². The second-order valence-corrected chi connectivity index (χ2v) is 7.96. The molecule has 5 nitrogen and oxygen atoms in total. The minimum absolute atomic E-state index is 0.199. The fraction of sp³-hybridized carbons (Fsp3) is 0.733. The summed E-state index contributed by atoms with van der Waals surface area (Å²) in [6.07, 6.45) is 5.61. The van der Waals surface area contributed by atoms with E-state index in [1.807, 2.05) is 18.4 Å². The van der Waals surface area contributed by atoms with E-state index in [2.05, 4.69) is 6.92 Å². The molecule has 0 radical (unpaired) electrons. The van der Waals surface area contributed by atoms with Gasteiger partial charge in [-0.15, -0.1) is 0 Å². The van der Waals surface area contributed by atoms with E-state index < -0.39 is 10.0 Å². The smallest absolute Gasteiger partial charge is 0.244 e. The molecular weight excluding hydrogens is 286 g/mol. The third-order valence-electron chi connectivity index (χ3n) is 3.97. The van der Waals surface area contributed by atoms with Gasteiger partial charge in [-0.3, -0.25) is 0 Å². The average Bonchev–Trinajstić information content (AvgIpc) is 3.15. The molecule has 1 heterocycles. The van der Waals surface area contributed by atoms with Crippen molar-refractivity contribution >= 4 is 10.0 Å². The Hall–Kier alpha value is -0.850. The van der Waals surface area contributed by atoms with Crippen LogP contribution in [0, 0.1) is 0 Å². The van der Waals surface area contributed by atoms with Gasteiger partial charge in [0.1, 0.15) is 4.90 Å². The summed E-state index contributed by atoms with van der Waals surface area (Å²) >= 11 is 0. The summed E-state index contributed by atoms with van der Waals surface area (Å²) in [7, 11) is -3.40. The Labute approximate surface area is 128 Å². The molecule has 120 valence electrons. The van der Waals surface area contributed by atoms with Crippen molar-refractivity contribution < 1.29 is 8.42 Å². The highest BCUT2D eigenvalue weighted by molar-refractivity contribution is 7.89. The van der Waals surface area contributed by atoms with E-state index in [1.54, 1.807) is 16.6 Å². The van der Waals surface area contributed by atoms with Gasteiger partial charge in [0.2, 0.25) is 10.0 Å². The fourth-order valence-corrected chi connectivity index (χ4v) is 4.37. The molecule has 1 aromatic heterocycles. The predicted molar refractivity (Wildman–Crippen MR) is 84.5 cm³/mol. The molecule has 0 atom stereocenters. The first-order valence-electron chi connectivity index (χ1n) is 7.84. The van der Waals surface area contributed by atoms with Gasteiger partial charge < -0.3 is 10.3 Å². The number of aromatic nitrogens is 1. The standard InChI is InChI=1S/C15H27N3O2S/c1-4-5-8-18(13-6-7-13)21(19,20)15-9-14(10-16)17(11-15)12(2)3/h9,11-13H,4-8,10,16H2,1-3H3. The molecular formula is C15H27N3O2S. The molecule has 0 aliphatic heterocycles. The van der Waals surface area contributed by atoms with E-state index in [4.69, 9.17) is 5.73 Å². The maximum absolute atomic E-state index is 12.9. The Morgan fingerprint density at radius 1 is 1.43 bits per heavy atom. The van der Waals surface area contributed by atoms with Crippen molar-refractivity contribution in [3.8, 4) is 0 Å². The van der Waals surface area contributed by atoms with Crippen LogP contribution in [-0.4, -0.2) is 29.9 Å². The molecule has 0 unspecified atom stereocenters. The van der Waals surface area contributed by atoms with Crippen molar-refractivity contribution in [2.45, 2.75) is 70.0 Å². The largest absolute Gasteiger partial charge is 0.346 e. The molecule has 6 heteroatoms. The Morgan fingerprint density at radius 2 is 2.10 bits per heavy atom. The van der Waals surface area contributed by atoms with Crippen LogP contribution in [0.3, 0.4) is 0 Å². The quantitative estimate of drug-likeness (QED) is 0.801. The summed E-state index contributed by atoms with van der Waals surface area (Å²) in [5.74, 6) is 0. The fourth-order valence-electron chi connectivity index (χ4n) is 2.59. The Bertz CT molecular complexity index is 574. The van der Waals surface area contributed by atoms with Gasteiger partial charge in [-0.05, 0) is 39.2 Å². The average molecular weight is 313 g/mol. The Kier molecular flexibility index (Phi) is 5.11. The lowest BCUT2D eigenvalue weighted by Gasteiger charge is -2.21. The molecule has 1 saturated carbocycles. The highest BCUT2D eigenvalue weighted by atomic mass is 32.2. The van der Waals surface area contributed by atoms with Crippen molar-refractivity contribution in [3.63, 3.8) is 0 Å². The van der Waals surface area contributed by atoms with Crippen LogP contribution in [0.15, 0.2) is 17.2 Å². The van der Waals surface area contributed by atoms with Crippen LogP contribution in [0.2, 0.25) is 0 Å². The van der Waals surface area contributed by atoms with Crippen LogP contribution in [0.25, 0.3) is 0 Å². The third-order valence-corrected chi connectivity index (χ3v) is 5.88. The van der Waals surface area contributed by atoms with Crippen LogP contribution in [0.1, 0.15) is 58.2 Å². The summed E-state index contributed by atoms with van der Waals surface area (Å²) in [5, 5.41) is 0. The second-order valence-electron chi connectivity index (χ2n) is 6.07. The molecule has 1 fully saturated rings. The molecule has 0 aromatic carbocycles. The molecule has 0 saturated heterocycles. The van der Waals surface area contributed by atoms with Gasteiger partial charge >= 0.3 is 0 Å². The monoisotopic (exact) mass is 313 g/mol. The molecule has 21 heavy (non-hydrogen) atoms. The molecule has 0 spiro atoms. The second kappa shape index (κ2) is 6.50. The number of nitrogens with zero attached hydrogens (tertiary/aromatic N) is 2. The normalized spacial score (nSPS) is 16.1. The number of rotatable bonds is 8. The Morgan fingerprint density at radius 3 is 2.52 bits per heavy atom. The van der Waals surface area contributed by atoms with E-state index in [0.717, 1.165) is 31.4 Å². The minimum atomic E-state index is -3.40. The topological polar surface area (TPSA) is 68.3 Å². The first kappa shape index (κ1) is 16.5. The van der Waals surface area contributed by atoms with Gasteiger partial charge in [0.05, 0.1) is 0 Å². The van der Waals surface area contributed by atoms with Crippen LogP contribution in [0.4, 0.5) is 0 Å². The lowest BCUT2D eigenvalue weighted by atomic mass is 10.3. The van der Waals surface area contributed by atoms with E-state index in [0.29, 0.717) is 18.0 Å². The number of nitrogens with two attached hydrogens (primary N) is 1. The highest BCUT2D eigenvalue weighted by Crippen LogP contribution is 2.33. The summed E-state index contributed by atoms with van der Waals surface area (Å²) in [6.45, 7) is 7.12. The van der Waals surface area contributed by atoms with Crippen LogP contribution >= 0.6 is 0 Å². The maximum atomic E-state index is 12.9. The van der Waals surface area contributed by atoms with Crippen molar-refractivity contribution in [1.29, 1.82) is 0 Å². The number of hydrogen-bond acceptors (Lipinski definition) is 3. The van der Waals surface area contributed by atoms with Gasteiger partial charge in [-0.1, -0.05) is 13.3 Å². The van der Waals surface area contributed by atoms with Gasteiger partial charge in [0, 0.05) is 37.1 Å². The molecule has 2 N–H and O–H groups in total. The first-order chi connectivity index (χ1) is 9.91. The van der Waals surface area contributed by atoms with Gasteiger partial charge in [0.15, 0.2) is 0 Å². The maximum Gasteiger partial charge on any atom is 0.244 e. The predicted octanol–water partition coefficient (Wildman–Crippen LogP) is 2.48. The first-order valence-corrected chi connectivity index (χ1v) is 9.28. The summed E-state index contributed by atoms with van der Waals surface area (Å²) in [6, 6.07) is 2.14. The number of unbranched alkanes of at least 4 members (excludes halogenated alkanes) is 1. The van der Waals surface area contributed by atoms with Crippen molar-refractivity contribution in [2.24, 2.45) is 5.73 Å². The van der Waals surface area contributed by atoms with Crippen molar-refractivity contribution in [2.75, 3.05) is 6.54 Å². The summed E-state index contributed by atoms with van der Waals surface area (Å²) < 4.78 is 29.4. The Balaban J connectivity index is 2.33. The zero-order valence-electron chi connectivity index (χ0n) is 13.2. The number of hydrogen-bond donors (Lipinski definition) is 1. The molecule has 0 amide bonds. The lowest BCUT2D eigenvalue weighted by Crippen LogP contribution is -2.33. The lowest BCUT2D eigenvalue weighted by molar-refractivity contribution is 0.395. The molecule has 0 bridgehead atoms. The van der Waals surface area contributed by atoms with Gasteiger partial charge in [-0.25, -0.2) is 8.42 Å². The summed E-state index contributed by atoms with van der Waals surface area (Å²) in [4.78, 5) is 0.389. The van der Waals surface area contributed by atoms with Crippen LogP contribution in [0.5, 0.6) is 0 Å².